The molecular weight excluding hydrogens is 254 g/mol. The molecule has 2 rings (SSSR count). The van der Waals surface area contributed by atoms with Crippen LogP contribution in [0.15, 0.2) is 24.3 Å². The Hall–Kier alpha value is -1.10. The van der Waals surface area contributed by atoms with Crippen molar-refractivity contribution in [3.05, 3.63) is 34.9 Å². The molecule has 2 N–H and O–H groups in total. The van der Waals surface area contributed by atoms with Crippen molar-refractivity contribution in [1.29, 1.82) is 0 Å². The van der Waals surface area contributed by atoms with Gasteiger partial charge in [-0.1, -0.05) is 23.7 Å². The Balaban J connectivity index is 1.93. The average Bonchev–Trinajstić information content (AvgIpc) is 2.32. The second-order valence-electron chi connectivity index (χ2n) is 4.66. The quantitative estimate of drug-likeness (QED) is 0.875. The molecule has 0 spiro atoms. The third-order valence-electron chi connectivity index (χ3n) is 3.30. The van der Waals surface area contributed by atoms with Gasteiger partial charge in [0.1, 0.15) is 0 Å². The van der Waals surface area contributed by atoms with E-state index in [4.69, 9.17) is 16.7 Å². The fourth-order valence-electron chi connectivity index (χ4n) is 2.28. The largest absolute Gasteiger partial charge is 0.481 e. The Labute approximate surface area is 111 Å². The average molecular weight is 270 g/mol. The summed E-state index contributed by atoms with van der Waals surface area (Å²) in [5.41, 5.74) is 1.11. The number of piperidine rings is 1. The molecule has 5 heteroatoms. The molecule has 2 atom stereocenters. The number of carboxylic acids is 1. The Morgan fingerprint density at radius 2 is 2.06 bits per heavy atom. The van der Waals surface area contributed by atoms with Gasteiger partial charge in [0.05, 0.1) is 12.0 Å². The van der Waals surface area contributed by atoms with Crippen LogP contribution in [0.5, 0.6) is 0 Å². The first-order valence-corrected chi connectivity index (χ1v) is 6.31. The Kier molecular flexibility index (Phi) is 4.22. The van der Waals surface area contributed by atoms with Crippen molar-refractivity contribution in [2.45, 2.75) is 19.1 Å². The highest BCUT2D eigenvalue weighted by Gasteiger charge is 2.32. The number of halogens is 1. The van der Waals surface area contributed by atoms with Crippen molar-refractivity contribution < 1.29 is 15.0 Å². The summed E-state index contributed by atoms with van der Waals surface area (Å²) >= 11 is 5.81. The van der Waals surface area contributed by atoms with Crippen LogP contribution in [0.3, 0.4) is 0 Å². The smallest absolute Gasteiger partial charge is 0.309 e. The van der Waals surface area contributed by atoms with Crippen LogP contribution in [0.1, 0.15) is 12.0 Å². The standard InChI is InChI=1S/C13H16ClNO3/c14-10-3-1-9(2-4-10)7-15-6-5-11(13(17)18)12(16)8-15/h1-4,11-12,16H,5-8H2,(H,17,18)/t11-,12+/m0/s1. The fraction of sp³-hybridized carbons (Fsp3) is 0.462. The van der Waals surface area contributed by atoms with E-state index < -0.39 is 18.0 Å². The molecule has 1 fully saturated rings. The van der Waals surface area contributed by atoms with Crippen molar-refractivity contribution in [1.82, 2.24) is 4.90 Å². The van der Waals surface area contributed by atoms with E-state index >= 15 is 0 Å². The summed E-state index contributed by atoms with van der Waals surface area (Å²) in [5.74, 6) is -1.54. The summed E-state index contributed by atoms with van der Waals surface area (Å²) < 4.78 is 0. The fourth-order valence-corrected chi connectivity index (χ4v) is 2.40. The van der Waals surface area contributed by atoms with E-state index in [1.54, 1.807) is 0 Å². The molecular formula is C13H16ClNO3. The first kappa shape index (κ1) is 13.3. The number of aliphatic hydroxyl groups is 1. The maximum atomic E-state index is 10.9. The topological polar surface area (TPSA) is 60.8 Å². The SMILES string of the molecule is O=C(O)[C@H]1CCN(Cc2ccc(Cl)cc2)C[C@H]1O. The van der Waals surface area contributed by atoms with Gasteiger partial charge in [-0.3, -0.25) is 9.69 Å². The van der Waals surface area contributed by atoms with Crippen molar-refractivity contribution in [2.24, 2.45) is 5.92 Å². The second-order valence-corrected chi connectivity index (χ2v) is 5.10. The number of likely N-dealkylation sites (tertiary alicyclic amines) is 1. The van der Waals surface area contributed by atoms with Gasteiger partial charge in [-0.05, 0) is 30.7 Å². The number of hydrogen-bond acceptors (Lipinski definition) is 3. The van der Waals surface area contributed by atoms with Crippen molar-refractivity contribution in [3.8, 4) is 0 Å². The van der Waals surface area contributed by atoms with Crippen molar-refractivity contribution in [2.75, 3.05) is 13.1 Å². The highest BCUT2D eigenvalue weighted by atomic mass is 35.5. The number of nitrogens with zero attached hydrogens (tertiary/aromatic N) is 1. The van der Waals surface area contributed by atoms with Gasteiger partial charge in [0, 0.05) is 18.1 Å². The number of carbonyl (C=O) groups is 1. The Morgan fingerprint density at radius 3 is 2.61 bits per heavy atom. The molecule has 1 saturated heterocycles. The lowest BCUT2D eigenvalue weighted by Crippen LogP contribution is -2.46. The zero-order chi connectivity index (χ0) is 13.1. The van der Waals surface area contributed by atoms with E-state index in [1.165, 1.54) is 0 Å². The number of rotatable bonds is 3. The molecule has 4 nitrogen and oxygen atoms in total. The Bertz CT molecular complexity index is 421. The molecule has 0 saturated carbocycles. The molecule has 1 aliphatic rings. The third kappa shape index (κ3) is 3.22. The Morgan fingerprint density at radius 1 is 1.39 bits per heavy atom. The molecule has 1 aromatic carbocycles. The normalized spacial score (nSPS) is 25.0. The van der Waals surface area contributed by atoms with Gasteiger partial charge in [-0.25, -0.2) is 0 Å². The van der Waals surface area contributed by atoms with Crippen LogP contribution in [0.4, 0.5) is 0 Å². The van der Waals surface area contributed by atoms with E-state index in [-0.39, 0.29) is 0 Å². The number of hydrogen-bond donors (Lipinski definition) is 2. The number of aliphatic hydroxyl groups excluding tert-OH is 1. The second kappa shape index (κ2) is 5.69. The molecule has 0 bridgehead atoms. The highest BCUT2D eigenvalue weighted by molar-refractivity contribution is 6.30. The highest BCUT2D eigenvalue weighted by Crippen LogP contribution is 2.20. The lowest BCUT2D eigenvalue weighted by molar-refractivity contribution is -0.148. The summed E-state index contributed by atoms with van der Waals surface area (Å²) in [7, 11) is 0. The van der Waals surface area contributed by atoms with E-state index in [1.807, 2.05) is 24.3 Å². The van der Waals surface area contributed by atoms with Crippen LogP contribution in [0.2, 0.25) is 5.02 Å². The number of benzene rings is 1. The minimum absolute atomic E-state index is 0.402. The summed E-state index contributed by atoms with van der Waals surface area (Å²) in [6.07, 6.45) is -0.298. The van der Waals surface area contributed by atoms with Crippen LogP contribution in [-0.4, -0.2) is 40.3 Å². The van der Waals surface area contributed by atoms with Gasteiger partial charge < -0.3 is 10.2 Å². The summed E-state index contributed by atoms with van der Waals surface area (Å²) in [5, 5.41) is 19.4. The van der Waals surface area contributed by atoms with Crippen LogP contribution in [0.25, 0.3) is 0 Å². The van der Waals surface area contributed by atoms with Crippen LogP contribution in [0, 0.1) is 5.92 Å². The van der Waals surface area contributed by atoms with Gasteiger partial charge in [-0.15, -0.1) is 0 Å². The number of β-amino-alcohol motifs (C(OH)–C–C–N with tert-alkyl or cyclic N) is 1. The molecule has 18 heavy (non-hydrogen) atoms. The van der Waals surface area contributed by atoms with Crippen LogP contribution >= 0.6 is 11.6 Å². The molecule has 1 aliphatic heterocycles. The molecule has 0 radical (unpaired) electrons. The van der Waals surface area contributed by atoms with Gasteiger partial charge in [-0.2, -0.15) is 0 Å². The van der Waals surface area contributed by atoms with E-state index in [2.05, 4.69) is 4.90 Å². The number of carboxylic acid groups (broad SMARTS) is 1. The van der Waals surface area contributed by atoms with Crippen molar-refractivity contribution in [3.63, 3.8) is 0 Å². The molecule has 0 aromatic heterocycles. The minimum atomic E-state index is -0.909. The first-order chi connectivity index (χ1) is 8.56. The van der Waals surface area contributed by atoms with Crippen LogP contribution < -0.4 is 0 Å². The first-order valence-electron chi connectivity index (χ1n) is 5.94. The maximum absolute atomic E-state index is 10.9. The van der Waals surface area contributed by atoms with Gasteiger partial charge in [0.2, 0.25) is 0 Å². The van der Waals surface area contributed by atoms with Gasteiger partial charge in [0.15, 0.2) is 0 Å². The maximum Gasteiger partial charge on any atom is 0.309 e. The van der Waals surface area contributed by atoms with E-state index in [0.29, 0.717) is 31.1 Å². The number of aliphatic carboxylic acids is 1. The van der Waals surface area contributed by atoms with E-state index in [9.17, 15) is 9.90 Å². The summed E-state index contributed by atoms with van der Waals surface area (Å²) in [6, 6.07) is 7.55. The van der Waals surface area contributed by atoms with Gasteiger partial charge >= 0.3 is 5.97 Å². The molecule has 0 unspecified atom stereocenters. The zero-order valence-corrected chi connectivity index (χ0v) is 10.7. The van der Waals surface area contributed by atoms with E-state index in [0.717, 1.165) is 5.56 Å². The molecule has 1 heterocycles. The molecule has 1 aromatic rings. The third-order valence-corrected chi connectivity index (χ3v) is 3.55. The van der Waals surface area contributed by atoms with Gasteiger partial charge in [0.25, 0.3) is 0 Å². The molecule has 0 amide bonds. The molecule has 0 aliphatic carbocycles. The predicted octanol–water partition coefficient (Wildman–Crippen LogP) is 1.61. The monoisotopic (exact) mass is 269 g/mol. The lowest BCUT2D eigenvalue weighted by Gasteiger charge is -2.33. The molecule has 98 valence electrons. The summed E-state index contributed by atoms with van der Waals surface area (Å²) in [4.78, 5) is 12.9. The van der Waals surface area contributed by atoms with Crippen LogP contribution in [-0.2, 0) is 11.3 Å². The van der Waals surface area contributed by atoms with Crippen molar-refractivity contribution >= 4 is 17.6 Å². The summed E-state index contributed by atoms with van der Waals surface area (Å²) in [6.45, 7) is 1.80. The lowest BCUT2D eigenvalue weighted by atomic mass is 9.94. The zero-order valence-electron chi connectivity index (χ0n) is 9.92. The minimum Gasteiger partial charge on any atom is -0.481 e. The predicted molar refractivity (Wildman–Crippen MR) is 68.5 cm³/mol.